The molecule has 0 aliphatic heterocycles. The molecular formula is C14H18F3NO2. The van der Waals surface area contributed by atoms with Gasteiger partial charge in [0.15, 0.2) is 0 Å². The average molecular weight is 289 g/mol. The molecule has 1 aromatic rings. The van der Waals surface area contributed by atoms with Crippen molar-refractivity contribution in [3.63, 3.8) is 0 Å². The van der Waals surface area contributed by atoms with Crippen LogP contribution in [0.5, 0.6) is 5.75 Å². The van der Waals surface area contributed by atoms with Gasteiger partial charge in [0.1, 0.15) is 5.75 Å². The van der Waals surface area contributed by atoms with E-state index in [0.29, 0.717) is 17.9 Å². The average Bonchev–Trinajstić information content (AvgIpc) is 2.39. The summed E-state index contributed by atoms with van der Waals surface area (Å²) in [6, 6.07) is 6.38. The molecule has 0 fully saturated rings. The number of rotatable bonds is 6. The van der Waals surface area contributed by atoms with Crippen LogP contribution in [0, 0.1) is 0 Å². The van der Waals surface area contributed by atoms with Crippen LogP contribution >= 0.6 is 0 Å². The molecule has 3 nitrogen and oxygen atoms in total. The van der Waals surface area contributed by atoms with Gasteiger partial charge in [-0.3, -0.25) is 4.79 Å². The van der Waals surface area contributed by atoms with Gasteiger partial charge in [0.25, 0.3) is 5.91 Å². The lowest BCUT2D eigenvalue weighted by molar-refractivity contribution is -0.136. The maximum Gasteiger partial charge on any atom is 0.390 e. The van der Waals surface area contributed by atoms with Gasteiger partial charge in [-0.1, -0.05) is 0 Å². The smallest absolute Gasteiger partial charge is 0.390 e. The summed E-state index contributed by atoms with van der Waals surface area (Å²) in [5, 5.41) is 0. The van der Waals surface area contributed by atoms with E-state index >= 15 is 0 Å². The van der Waals surface area contributed by atoms with Crippen molar-refractivity contribution in [3.8, 4) is 5.75 Å². The van der Waals surface area contributed by atoms with Gasteiger partial charge in [-0.2, -0.15) is 13.2 Å². The second kappa shape index (κ2) is 7.17. The van der Waals surface area contributed by atoms with E-state index < -0.39 is 18.5 Å². The Morgan fingerprint density at radius 3 is 2.25 bits per heavy atom. The third-order valence-electron chi connectivity index (χ3n) is 2.75. The van der Waals surface area contributed by atoms with Crippen molar-refractivity contribution in [2.45, 2.75) is 26.4 Å². The van der Waals surface area contributed by atoms with Gasteiger partial charge >= 0.3 is 6.18 Å². The Hall–Kier alpha value is -1.72. The highest BCUT2D eigenvalue weighted by Gasteiger charge is 2.28. The van der Waals surface area contributed by atoms with E-state index in [1.807, 2.05) is 6.92 Å². The van der Waals surface area contributed by atoms with Crippen LogP contribution < -0.4 is 4.74 Å². The normalized spacial score (nSPS) is 11.2. The Bertz CT molecular complexity index is 429. The second-order valence-electron chi connectivity index (χ2n) is 4.21. The molecule has 0 heterocycles. The molecule has 0 aromatic heterocycles. The Morgan fingerprint density at radius 1 is 1.20 bits per heavy atom. The first-order valence-corrected chi connectivity index (χ1v) is 6.46. The molecule has 0 radical (unpaired) electrons. The number of amides is 1. The zero-order chi connectivity index (χ0) is 15.2. The number of hydrogen-bond acceptors (Lipinski definition) is 2. The van der Waals surface area contributed by atoms with Crippen LogP contribution in [-0.2, 0) is 0 Å². The van der Waals surface area contributed by atoms with E-state index in [2.05, 4.69) is 0 Å². The first-order chi connectivity index (χ1) is 9.37. The highest BCUT2D eigenvalue weighted by Crippen LogP contribution is 2.20. The fraction of sp³-hybridized carbons (Fsp3) is 0.500. The summed E-state index contributed by atoms with van der Waals surface area (Å²) in [6.07, 6.45) is -5.25. The molecule has 0 unspecified atom stereocenters. The van der Waals surface area contributed by atoms with Crippen molar-refractivity contribution in [2.75, 3.05) is 19.7 Å². The zero-order valence-corrected chi connectivity index (χ0v) is 11.5. The standard InChI is InChI=1S/C14H18F3NO2/c1-3-18(10-9-14(15,16)17)13(19)11-5-7-12(8-6-11)20-4-2/h5-8H,3-4,9-10H2,1-2H3. The van der Waals surface area contributed by atoms with Crippen LogP contribution in [-0.4, -0.2) is 36.7 Å². The van der Waals surface area contributed by atoms with E-state index in [4.69, 9.17) is 4.74 Å². The molecule has 20 heavy (non-hydrogen) atoms. The maximum absolute atomic E-state index is 12.2. The zero-order valence-electron chi connectivity index (χ0n) is 11.5. The molecule has 0 saturated heterocycles. The maximum atomic E-state index is 12.2. The number of alkyl halides is 3. The predicted octanol–water partition coefficient (Wildman–Crippen LogP) is 3.50. The van der Waals surface area contributed by atoms with Gasteiger partial charge < -0.3 is 9.64 Å². The fourth-order valence-corrected chi connectivity index (χ4v) is 1.71. The molecule has 0 saturated carbocycles. The Kier molecular flexibility index (Phi) is 5.85. The summed E-state index contributed by atoms with van der Waals surface area (Å²) in [4.78, 5) is 13.3. The molecule has 112 valence electrons. The topological polar surface area (TPSA) is 29.5 Å². The van der Waals surface area contributed by atoms with Crippen LogP contribution in [0.25, 0.3) is 0 Å². The monoisotopic (exact) mass is 289 g/mol. The van der Waals surface area contributed by atoms with Crippen molar-refractivity contribution < 1.29 is 22.7 Å². The number of carbonyl (C=O) groups is 1. The number of halogens is 3. The quantitative estimate of drug-likeness (QED) is 0.802. The fourth-order valence-electron chi connectivity index (χ4n) is 1.71. The Balaban J connectivity index is 2.70. The first-order valence-electron chi connectivity index (χ1n) is 6.46. The SMILES string of the molecule is CCOc1ccc(C(=O)N(CC)CCC(F)(F)F)cc1. The first kappa shape index (κ1) is 16.3. The van der Waals surface area contributed by atoms with Crippen LogP contribution in [0.2, 0.25) is 0 Å². The summed E-state index contributed by atoms with van der Waals surface area (Å²) in [7, 11) is 0. The third-order valence-corrected chi connectivity index (χ3v) is 2.75. The minimum absolute atomic E-state index is 0.238. The highest BCUT2D eigenvalue weighted by molar-refractivity contribution is 5.94. The molecule has 6 heteroatoms. The van der Waals surface area contributed by atoms with Gasteiger partial charge in [-0.05, 0) is 38.1 Å². The van der Waals surface area contributed by atoms with Crippen LogP contribution in [0.3, 0.4) is 0 Å². The highest BCUT2D eigenvalue weighted by atomic mass is 19.4. The predicted molar refractivity (Wildman–Crippen MR) is 69.9 cm³/mol. The number of benzene rings is 1. The third kappa shape index (κ3) is 5.11. The molecule has 1 rings (SSSR count). The second-order valence-corrected chi connectivity index (χ2v) is 4.21. The van der Waals surface area contributed by atoms with E-state index in [9.17, 15) is 18.0 Å². The molecule has 0 N–H and O–H groups in total. The summed E-state index contributed by atoms with van der Waals surface area (Å²) in [5.74, 6) is 0.224. The van der Waals surface area contributed by atoms with Crippen molar-refractivity contribution in [1.29, 1.82) is 0 Å². The van der Waals surface area contributed by atoms with Crippen molar-refractivity contribution in [2.24, 2.45) is 0 Å². The number of ether oxygens (including phenoxy) is 1. The molecule has 0 aliphatic rings. The molecule has 0 bridgehead atoms. The molecular weight excluding hydrogens is 271 g/mol. The molecule has 0 spiro atoms. The van der Waals surface area contributed by atoms with Crippen LogP contribution in [0.4, 0.5) is 13.2 Å². The van der Waals surface area contributed by atoms with E-state index in [1.165, 1.54) is 4.90 Å². The van der Waals surface area contributed by atoms with Gasteiger partial charge in [-0.25, -0.2) is 0 Å². The van der Waals surface area contributed by atoms with Gasteiger partial charge in [0, 0.05) is 18.7 Å². The largest absolute Gasteiger partial charge is 0.494 e. The Morgan fingerprint density at radius 2 is 1.80 bits per heavy atom. The minimum Gasteiger partial charge on any atom is -0.494 e. The van der Waals surface area contributed by atoms with Crippen LogP contribution in [0.15, 0.2) is 24.3 Å². The molecule has 0 aliphatic carbocycles. The lowest BCUT2D eigenvalue weighted by Crippen LogP contribution is -2.34. The summed E-state index contributed by atoms with van der Waals surface area (Å²) in [6.45, 7) is 3.92. The molecule has 0 atom stereocenters. The van der Waals surface area contributed by atoms with Crippen molar-refractivity contribution in [3.05, 3.63) is 29.8 Å². The van der Waals surface area contributed by atoms with Crippen LogP contribution in [0.1, 0.15) is 30.6 Å². The molecule has 1 amide bonds. The van der Waals surface area contributed by atoms with E-state index in [0.717, 1.165) is 0 Å². The number of hydrogen-bond donors (Lipinski definition) is 0. The summed E-state index contributed by atoms with van der Waals surface area (Å²) in [5.41, 5.74) is 0.359. The lowest BCUT2D eigenvalue weighted by Gasteiger charge is -2.21. The lowest BCUT2D eigenvalue weighted by atomic mass is 10.2. The van der Waals surface area contributed by atoms with Crippen molar-refractivity contribution >= 4 is 5.91 Å². The Labute approximate surface area is 116 Å². The van der Waals surface area contributed by atoms with E-state index in [1.54, 1.807) is 31.2 Å². The van der Waals surface area contributed by atoms with Gasteiger partial charge in [0.2, 0.25) is 0 Å². The summed E-state index contributed by atoms with van der Waals surface area (Å²) >= 11 is 0. The summed E-state index contributed by atoms with van der Waals surface area (Å²) < 4.78 is 41.9. The van der Waals surface area contributed by atoms with E-state index in [-0.39, 0.29) is 13.1 Å². The molecule has 1 aromatic carbocycles. The minimum atomic E-state index is -4.26. The van der Waals surface area contributed by atoms with Gasteiger partial charge in [0.05, 0.1) is 13.0 Å². The van der Waals surface area contributed by atoms with Crippen molar-refractivity contribution in [1.82, 2.24) is 4.90 Å². The number of carbonyl (C=O) groups excluding carboxylic acids is 1. The number of nitrogens with zero attached hydrogens (tertiary/aromatic N) is 1. The van der Waals surface area contributed by atoms with Gasteiger partial charge in [-0.15, -0.1) is 0 Å².